The Kier molecular flexibility index (Phi) is 34.2. The minimum Gasteiger partial charge on any atom is -0.444 e. The highest BCUT2D eigenvalue weighted by atomic mass is 79.9. The van der Waals surface area contributed by atoms with Crippen LogP contribution in [0.25, 0.3) is 0 Å². The number of hydrogen-bond acceptors (Lipinski definition) is 19. The summed E-state index contributed by atoms with van der Waals surface area (Å²) in [6.45, 7) is 23.7. The van der Waals surface area contributed by atoms with Gasteiger partial charge < -0.3 is 48.4 Å². The maximum atomic E-state index is 13.1. The molecule has 2 aliphatic carbocycles. The van der Waals surface area contributed by atoms with Gasteiger partial charge in [0.25, 0.3) is 9.05 Å². The standard InChI is InChI=1S/C19H25F3N2O5S.C18H23F3N2O3S.C14H17F3N2O3S.C12H22N2O3.C7H4ClF3O2S.C4H7Br.C2H6.CH4/c1-17(2,3)29-16(25)23-10-8-18(9-11-23)24(12-13-28-18)30(26,27)15-6-4-14(5-7-15)19(20,21)22;19-18(20,21)15-3-5-16(6-4-15)27(24,25)23-11-12-26-17(23)7-9-22(10-8-17)13-14-1-2-14;15-14(16,17)11-1-3-12(4-2-11)23(20,21)19-9-10-22-13(19)5-7-18-8-6-13;1-11(2,3)17-10(15)14-7-4-12(5-8-14)13-6-9-16-12;8-14(12,13)6-3-1-5(2-4-6)7(9,10)11;5-3-4-1-2-4;1-2;/h4-7H,8-13H2,1-3H3;3-6,14H,1-2,7-13H2;1-4,18H,5-10H2;13H,4-9H2,1-3H3;1-4H;4H,1-3H2;1-2H3;1H4. The summed E-state index contributed by atoms with van der Waals surface area (Å²) < 4.78 is 288. The summed E-state index contributed by atoms with van der Waals surface area (Å²) in [6.07, 6.45) is -8.86. The van der Waals surface area contributed by atoms with Crippen molar-refractivity contribution in [1.29, 1.82) is 0 Å². The number of rotatable bonds is 10. The summed E-state index contributed by atoms with van der Waals surface area (Å²) in [5.41, 5.74) is -7.69. The molecule has 8 aliphatic heterocycles. The van der Waals surface area contributed by atoms with Crippen LogP contribution in [-0.2, 0) is 92.2 Å². The predicted molar refractivity (Wildman–Crippen MR) is 422 cm³/mol. The summed E-state index contributed by atoms with van der Waals surface area (Å²) in [7, 11) is -10.9. The van der Waals surface area contributed by atoms with Gasteiger partial charge in [0.15, 0.2) is 0 Å². The lowest BCUT2D eigenvalue weighted by molar-refractivity contribution is -0.138. The molecule has 0 unspecified atom stereocenters. The fourth-order valence-corrected chi connectivity index (χ4v) is 20.7. The van der Waals surface area contributed by atoms with E-state index in [2.05, 4.69) is 31.5 Å². The van der Waals surface area contributed by atoms with E-state index in [0.717, 1.165) is 142 Å². The summed E-state index contributed by atoms with van der Waals surface area (Å²) in [4.78, 5) is 28.9. The third kappa shape index (κ3) is 27.4. The maximum absolute atomic E-state index is 13.1. The second-order valence-corrected chi connectivity index (χ2v) is 40.2. The van der Waals surface area contributed by atoms with Crippen molar-refractivity contribution in [3.8, 4) is 0 Å². The molecule has 4 spiro atoms. The van der Waals surface area contributed by atoms with E-state index in [1.54, 1.807) is 25.7 Å². The van der Waals surface area contributed by atoms with Crippen molar-refractivity contribution >= 4 is 77.9 Å². The van der Waals surface area contributed by atoms with Crippen molar-refractivity contribution in [2.45, 2.75) is 218 Å². The Balaban J connectivity index is 0.000000204. The molecule has 119 heavy (non-hydrogen) atoms. The van der Waals surface area contributed by atoms with Gasteiger partial charge in [0.2, 0.25) is 30.1 Å². The second kappa shape index (κ2) is 40.4. The number of benzene rings is 4. The van der Waals surface area contributed by atoms with Crippen molar-refractivity contribution in [2.24, 2.45) is 11.8 Å². The van der Waals surface area contributed by atoms with Crippen LogP contribution in [0.2, 0.25) is 0 Å². The highest BCUT2D eigenvalue weighted by molar-refractivity contribution is 9.09. The van der Waals surface area contributed by atoms with Crippen LogP contribution in [0, 0.1) is 11.8 Å². The first-order valence-electron chi connectivity index (χ1n) is 38.7. The summed E-state index contributed by atoms with van der Waals surface area (Å²) in [5.74, 6) is 1.82. The average molecular weight is 1870 g/mol. The zero-order valence-electron chi connectivity index (χ0n) is 66.7. The number of carbonyl (C=O) groups excluding carboxylic acids is 2. The Hall–Kier alpha value is -5.25. The van der Waals surface area contributed by atoms with Gasteiger partial charge in [-0.15, -0.1) is 0 Å². The van der Waals surface area contributed by atoms with Crippen LogP contribution < -0.4 is 10.6 Å². The first kappa shape index (κ1) is 101. The monoisotopic (exact) mass is 1870 g/mol. The van der Waals surface area contributed by atoms with Crippen molar-refractivity contribution in [3.05, 3.63) is 119 Å². The number of piperidine rings is 4. The van der Waals surface area contributed by atoms with Crippen LogP contribution in [0.5, 0.6) is 0 Å². The molecule has 2 N–H and O–H groups in total. The van der Waals surface area contributed by atoms with Gasteiger partial charge in [-0.05, 0) is 189 Å². The molecule has 10 fully saturated rings. The van der Waals surface area contributed by atoms with E-state index in [1.807, 2.05) is 34.6 Å². The van der Waals surface area contributed by atoms with Gasteiger partial charge >= 0.3 is 36.9 Å². The van der Waals surface area contributed by atoms with Gasteiger partial charge in [0, 0.05) is 139 Å². The van der Waals surface area contributed by atoms with Crippen molar-refractivity contribution < 1.29 is 124 Å². The maximum Gasteiger partial charge on any atom is 0.416 e. The molecule has 0 bridgehead atoms. The van der Waals surface area contributed by atoms with Gasteiger partial charge in [-0.1, -0.05) is 37.2 Å². The Bertz CT molecular complexity index is 4410. The van der Waals surface area contributed by atoms with Gasteiger partial charge in [0.1, 0.15) is 34.1 Å². The minimum atomic E-state index is -4.55. The molecule has 14 rings (SSSR count). The molecule has 0 radical (unpaired) electrons. The highest BCUT2D eigenvalue weighted by Crippen LogP contribution is 2.44. The number of nitrogens with one attached hydrogen (secondary N) is 2. The zero-order valence-corrected chi connectivity index (χ0v) is 72.4. The molecule has 0 aromatic heterocycles. The third-order valence-corrected chi connectivity index (χ3v) is 28.8. The fourth-order valence-electron chi connectivity index (χ4n) is 14.1. The zero-order chi connectivity index (χ0) is 87.6. The van der Waals surface area contributed by atoms with E-state index in [4.69, 9.17) is 39.1 Å². The molecular weight excluding hydrogens is 1760 g/mol. The number of alkyl halides is 13. The first-order valence-corrected chi connectivity index (χ1v) is 46.5. The Morgan fingerprint density at radius 1 is 0.429 bits per heavy atom. The number of sulfonamides is 3. The van der Waals surface area contributed by atoms with Crippen molar-refractivity contribution in [1.82, 2.24) is 38.2 Å². The number of amides is 2. The molecule has 4 aromatic rings. The van der Waals surface area contributed by atoms with Crippen LogP contribution >= 0.6 is 26.6 Å². The molecule has 0 atom stereocenters. The lowest BCUT2D eigenvalue weighted by Crippen LogP contribution is -2.56. The van der Waals surface area contributed by atoms with E-state index >= 15 is 0 Å². The van der Waals surface area contributed by atoms with Gasteiger partial charge in [-0.25, -0.2) is 43.3 Å². The van der Waals surface area contributed by atoms with E-state index in [1.165, 1.54) is 48.8 Å². The number of halogens is 14. The summed E-state index contributed by atoms with van der Waals surface area (Å²) in [5, 5.41) is 7.75. The third-order valence-electron chi connectivity index (χ3n) is 20.6. The minimum absolute atomic E-state index is 0. The molecule has 2 amide bonds. The largest absolute Gasteiger partial charge is 0.444 e. The Morgan fingerprint density at radius 2 is 0.723 bits per heavy atom. The van der Waals surface area contributed by atoms with Crippen LogP contribution in [-0.4, -0.2) is 224 Å². The Labute approximate surface area is 702 Å². The molecular formula is C77H108BrClF12N8O16S4. The summed E-state index contributed by atoms with van der Waals surface area (Å²) >= 11 is 3.38. The molecule has 8 saturated heterocycles. The molecule has 10 aliphatic rings. The smallest absolute Gasteiger partial charge is 0.416 e. The van der Waals surface area contributed by atoms with Crippen molar-refractivity contribution in [2.75, 3.05) is 117 Å². The number of hydrogen-bond donors (Lipinski definition) is 2. The topological polar surface area (TPSA) is 270 Å². The van der Waals surface area contributed by atoms with Gasteiger partial charge in [-0.2, -0.15) is 65.6 Å². The van der Waals surface area contributed by atoms with Crippen LogP contribution in [0.15, 0.2) is 117 Å². The molecule has 42 heteroatoms. The van der Waals surface area contributed by atoms with E-state index in [-0.39, 0.29) is 91.0 Å². The normalized spacial score (nSPS) is 21.1. The van der Waals surface area contributed by atoms with Crippen molar-refractivity contribution in [3.63, 3.8) is 0 Å². The average Bonchev–Trinajstić information content (AvgIpc) is 1.64. The molecule has 8 heterocycles. The van der Waals surface area contributed by atoms with Gasteiger partial charge in [-0.3, -0.25) is 5.32 Å². The second-order valence-electron chi connectivity index (χ2n) is 31.4. The van der Waals surface area contributed by atoms with Crippen LogP contribution in [0.4, 0.5) is 62.3 Å². The number of ether oxygens (including phenoxy) is 6. The molecule has 674 valence electrons. The van der Waals surface area contributed by atoms with E-state index < -0.39 is 121 Å². The lowest BCUT2D eigenvalue weighted by Gasteiger charge is -2.43. The summed E-state index contributed by atoms with van der Waals surface area (Å²) in [6, 6.07) is 13.7. The van der Waals surface area contributed by atoms with E-state index in [0.29, 0.717) is 77.2 Å². The highest BCUT2D eigenvalue weighted by Gasteiger charge is 2.54. The molecule has 4 aromatic carbocycles. The first-order chi connectivity index (χ1) is 54.8. The number of likely N-dealkylation sites (tertiary alicyclic amines) is 3. The number of carbonyl (C=O) groups is 2. The SMILES string of the molecule is BrCC1CC1.C.CC.CC(C)(C)OC(=O)N1CCC2(CC1)NCCO2.CC(C)(C)OC(=O)N1CCC2(CC1)OCCN2S(=O)(=O)c1ccc(C(F)(F)F)cc1.O=S(=O)(Cl)c1ccc(C(F)(F)F)cc1.O=S(=O)(c1ccc(C(F)(F)F)cc1)N1CCOC12CCN(CC1CC1)CC2.O=S(=O)(c1ccc(C(F)(F)F)cc1)N1CCOC12CCNCC2. The molecule has 24 nitrogen and oxygen atoms in total. The quantitative estimate of drug-likeness (QED) is 0.0848. The lowest BCUT2D eigenvalue weighted by atomic mass is 10.0. The fraction of sp³-hybridized carbons (Fsp3) is 0.662. The van der Waals surface area contributed by atoms with Gasteiger partial charge in [0.05, 0.1) is 68.3 Å². The predicted octanol–water partition coefficient (Wildman–Crippen LogP) is 15.6. The van der Waals surface area contributed by atoms with E-state index in [9.17, 15) is 95.9 Å². The molecule has 2 saturated carbocycles. The number of nitrogens with zero attached hydrogens (tertiary/aromatic N) is 6. The Morgan fingerprint density at radius 3 is 0.983 bits per heavy atom. The van der Waals surface area contributed by atoms with Crippen LogP contribution in [0.1, 0.15) is 162 Å². The van der Waals surface area contributed by atoms with Crippen LogP contribution in [0.3, 0.4) is 0 Å².